The van der Waals surface area contributed by atoms with E-state index in [1.165, 1.54) is 19.1 Å². The van der Waals surface area contributed by atoms with E-state index in [9.17, 15) is 17.6 Å². The summed E-state index contributed by atoms with van der Waals surface area (Å²) in [5, 5.41) is 3.05. The van der Waals surface area contributed by atoms with Crippen molar-refractivity contribution in [3.05, 3.63) is 30.1 Å². The first-order chi connectivity index (χ1) is 8.90. The zero-order chi connectivity index (χ0) is 14.1. The predicted molar refractivity (Wildman–Crippen MR) is 69.1 cm³/mol. The van der Waals surface area contributed by atoms with Gasteiger partial charge in [-0.3, -0.25) is 4.79 Å². The highest BCUT2D eigenvalue weighted by atomic mass is 32.2. The minimum absolute atomic E-state index is 0.00556. The molecular formula is C13H16FNO3S. The van der Waals surface area contributed by atoms with Crippen molar-refractivity contribution < 1.29 is 17.6 Å². The van der Waals surface area contributed by atoms with E-state index in [1.54, 1.807) is 0 Å². The molecule has 1 aliphatic heterocycles. The van der Waals surface area contributed by atoms with Crippen molar-refractivity contribution in [1.29, 1.82) is 0 Å². The number of piperidine rings is 1. The maximum Gasteiger partial charge on any atom is 0.191 e. The number of hydrogen-bond acceptors (Lipinski definition) is 4. The Kier molecular flexibility index (Phi) is 3.73. The van der Waals surface area contributed by atoms with Gasteiger partial charge in [-0.1, -0.05) is 0 Å². The summed E-state index contributed by atoms with van der Waals surface area (Å²) in [6.07, 6.45) is 0.504. The third-order valence-electron chi connectivity index (χ3n) is 3.69. The molecule has 0 atom stereocenters. The molecule has 0 spiro atoms. The van der Waals surface area contributed by atoms with Crippen molar-refractivity contribution in [3.63, 3.8) is 0 Å². The Hall–Kier alpha value is -1.27. The molecule has 19 heavy (non-hydrogen) atoms. The van der Waals surface area contributed by atoms with Gasteiger partial charge in [0, 0.05) is 0 Å². The van der Waals surface area contributed by atoms with Crippen LogP contribution in [-0.2, 0) is 14.6 Å². The number of Topliss-reactive ketones (excluding diaryl/α,β-unsaturated/α-hetero) is 1. The molecule has 0 saturated carbocycles. The Labute approximate surface area is 111 Å². The van der Waals surface area contributed by atoms with Gasteiger partial charge in [0.1, 0.15) is 10.6 Å². The number of carbonyl (C=O) groups excluding carboxylic acids is 1. The molecule has 1 aliphatic rings. The zero-order valence-corrected chi connectivity index (χ0v) is 11.5. The van der Waals surface area contributed by atoms with Crippen LogP contribution in [0.1, 0.15) is 19.8 Å². The molecule has 0 amide bonds. The van der Waals surface area contributed by atoms with Crippen LogP contribution in [0, 0.1) is 5.82 Å². The van der Waals surface area contributed by atoms with Crippen LogP contribution in [0.2, 0.25) is 0 Å². The second kappa shape index (κ2) is 5.02. The summed E-state index contributed by atoms with van der Waals surface area (Å²) in [4.78, 5) is 11.9. The van der Waals surface area contributed by atoms with E-state index in [-0.39, 0.29) is 23.5 Å². The fourth-order valence-corrected chi connectivity index (χ4v) is 4.55. The molecule has 104 valence electrons. The lowest BCUT2D eigenvalue weighted by Gasteiger charge is -2.34. The highest BCUT2D eigenvalue weighted by Gasteiger charge is 2.49. The summed E-state index contributed by atoms with van der Waals surface area (Å²) in [5.74, 6) is -0.848. The van der Waals surface area contributed by atoms with Gasteiger partial charge in [-0.05, 0) is 57.1 Å². The van der Waals surface area contributed by atoms with Crippen molar-refractivity contribution in [3.8, 4) is 0 Å². The summed E-state index contributed by atoms with van der Waals surface area (Å²) in [6, 6.07) is 4.64. The van der Waals surface area contributed by atoms with Gasteiger partial charge >= 0.3 is 0 Å². The number of halogens is 1. The first-order valence-electron chi connectivity index (χ1n) is 6.12. The summed E-state index contributed by atoms with van der Waals surface area (Å²) in [5.41, 5.74) is 0. The monoisotopic (exact) mass is 285 g/mol. The van der Waals surface area contributed by atoms with Crippen molar-refractivity contribution in [2.75, 3.05) is 13.1 Å². The summed E-state index contributed by atoms with van der Waals surface area (Å²) >= 11 is 0. The van der Waals surface area contributed by atoms with E-state index in [2.05, 4.69) is 5.32 Å². The normalized spacial score (nSPS) is 19.1. The third-order valence-corrected chi connectivity index (χ3v) is 6.31. The number of ketones is 1. The van der Waals surface area contributed by atoms with Crippen LogP contribution in [-0.4, -0.2) is 32.0 Å². The summed E-state index contributed by atoms with van der Waals surface area (Å²) in [7, 11) is -3.80. The van der Waals surface area contributed by atoms with Gasteiger partial charge < -0.3 is 5.32 Å². The average Bonchev–Trinajstić information content (AvgIpc) is 2.39. The molecule has 1 aromatic carbocycles. The van der Waals surface area contributed by atoms with E-state index >= 15 is 0 Å². The van der Waals surface area contributed by atoms with Crippen LogP contribution in [0.5, 0.6) is 0 Å². The zero-order valence-electron chi connectivity index (χ0n) is 10.6. The van der Waals surface area contributed by atoms with Crippen molar-refractivity contribution in [1.82, 2.24) is 5.32 Å². The number of benzene rings is 1. The van der Waals surface area contributed by atoms with Gasteiger partial charge in [0.15, 0.2) is 15.6 Å². The van der Waals surface area contributed by atoms with Gasteiger partial charge in [-0.2, -0.15) is 0 Å². The second-order valence-corrected chi connectivity index (χ2v) is 7.02. The lowest BCUT2D eigenvalue weighted by Crippen LogP contribution is -2.52. The van der Waals surface area contributed by atoms with Gasteiger partial charge in [-0.15, -0.1) is 0 Å². The molecule has 1 fully saturated rings. The molecule has 6 heteroatoms. The Morgan fingerprint density at radius 2 is 1.74 bits per heavy atom. The van der Waals surface area contributed by atoms with Gasteiger partial charge in [0.2, 0.25) is 0 Å². The molecule has 1 saturated heterocycles. The molecule has 0 unspecified atom stereocenters. The number of sulfone groups is 1. The largest absolute Gasteiger partial charge is 0.317 e. The molecule has 1 aromatic rings. The van der Waals surface area contributed by atoms with E-state index in [1.807, 2.05) is 0 Å². The topological polar surface area (TPSA) is 63.2 Å². The smallest absolute Gasteiger partial charge is 0.191 e. The molecule has 0 aliphatic carbocycles. The maximum atomic E-state index is 12.9. The Balaban J connectivity index is 2.51. The summed E-state index contributed by atoms with van der Waals surface area (Å²) in [6.45, 7) is 2.28. The Morgan fingerprint density at radius 1 is 1.21 bits per heavy atom. The van der Waals surface area contributed by atoms with E-state index in [4.69, 9.17) is 0 Å². The van der Waals surface area contributed by atoms with Gasteiger partial charge in [-0.25, -0.2) is 12.8 Å². The number of rotatable bonds is 3. The molecule has 0 aromatic heterocycles. The predicted octanol–water partition coefficient (Wildman–Crippen LogP) is 1.31. The van der Waals surface area contributed by atoms with Gasteiger partial charge in [0.05, 0.1) is 4.90 Å². The minimum atomic E-state index is -3.80. The molecule has 1 N–H and O–H groups in total. The van der Waals surface area contributed by atoms with E-state index in [0.29, 0.717) is 13.1 Å². The van der Waals surface area contributed by atoms with E-state index in [0.717, 1.165) is 12.1 Å². The first kappa shape index (κ1) is 14.1. The Morgan fingerprint density at radius 3 is 2.21 bits per heavy atom. The molecule has 0 radical (unpaired) electrons. The number of nitrogens with one attached hydrogen (secondary N) is 1. The van der Waals surface area contributed by atoms with E-state index < -0.39 is 20.4 Å². The van der Waals surface area contributed by atoms with Gasteiger partial charge in [0.25, 0.3) is 0 Å². The van der Waals surface area contributed by atoms with Crippen LogP contribution in [0.25, 0.3) is 0 Å². The van der Waals surface area contributed by atoms with Crippen molar-refractivity contribution >= 4 is 15.6 Å². The molecular weight excluding hydrogens is 269 g/mol. The number of hydrogen-bond donors (Lipinski definition) is 1. The molecule has 0 bridgehead atoms. The highest BCUT2D eigenvalue weighted by Crippen LogP contribution is 2.34. The maximum absolute atomic E-state index is 12.9. The Bertz CT molecular complexity index is 574. The SMILES string of the molecule is CC(=O)C1(S(=O)(=O)c2ccc(F)cc2)CCNCC1. The van der Waals surface area contributed by atoms with Crippen LogP contribution in [0.3, 0.4) is 0 Å². The molecule has 2 rings (SSSR count). The lowest BCUT2D eigenvalue weighted by molar-refractivity contribution is -0.120. The third kappa shape index (κ3) is 2.30. The molecule has 1 heterocycles. The lowest BCUT2D eigenvalue weighted by atomic mass is 9.93. The standard InChI is InChI=1S/C13H16FNO3S/c1-10(16)13(6-8-15-9-7-13)19(17,18)12-4-2-11(14)3-5-12/h2-5,15H,6-9H2,1H3. The number of carbonyl (C=O) groups is 1. The summed E-state index contributed by atoms with van der Waals surface area (Å²) < 4.78 is 36.9. The van der Waals surface area contributed by atoms with Crippen LogP contribution in [0.15, 0.2) is 29.2 Å². The highest BCUT2D eigenvalue weighted by molar-refractivity contribution is 7.93. The fraction of sp³-hybridized carbons (Fsp3) is 0.462. The fourth-order valence-electron chi connectivity index (χ4n) is 2.48. The first-order valence-corrected chi connectivity index (χ1v) is 7.60. The van der Waals surface area contributed by atoms with Crippen molar-refractivity contribution in [2.45, 2.75) is 29.4 Å². The average molecular weight is 285 g/mol. The minimum Gasteiger partial charge on any atom is -0.317 e. The quantitative estimate of drug-likeness (QED) is 0.851. The second-order valence-electron chi connectivity index (χ2n) is 4.76. The van der Waals surface area contributed by atoms with Crippen molar-refractivity contribution in [2.24, 2.45) is 0 Å². The van der Waals surface area contributed by atoms with Crippen LogP contribution >= 0.6 is 0 Å². The van der Waals surface area contributed by atoms with Crippen LogP contribution < -0.4 is 5.32 Å². The van der Waals surface area contributed by atoms with Crippen LogP contribution in [0.4, 0.5) is 4.39 Å². The molecule has 4 nitrogen and oxygen atoms in total.